The van der Waals surface area contributed by atoms with E-state index in [2.05, 4.69) is 16.8 Å². The molecule has 5 nitrogen and oxygen atoms in total. The Kier molecular flexibility index (Phi) is 6.97. The fraction of sp³-hybridized carbons (Fsp3) is 0.692. The Morgan fingerprint density at radius 3 is 2.79 bits per heavy atom. The number of aliphatic hydroxyl groups is 1. The zero-order valence-electron chi connectivity index (χ0n) is 11.9. The fourth-order valence-corrected chi connectivity index (χ4v) is 2.44. The normalized spacial score (nSPS) is 11.0. The second-order valence-electron chi connectivity index (χ2n) is 4.64. The monoisotopic (exact) mass is 285 g/mol. The van der Waals surface area contributed by atoms with E-state index in [1.807, 2.05) is 5.38 Å². The lowest BCUT2D eigenvalue weighted by Crippen LogP contribution is -2.25. The van der Waals surface area contributed by atoms with Gasteiger partial charge in [0.05, 0.1) is 12.1 Å². The maximum Gasteiger partial charge on any atom is 0.228 e. The van der Waals surface area contributed by atoms with Crippen molar-refractivity contribution < 1.29 is 9.90 Å². The summed E-state index contributed by atoms with van der Waals surface area (Å²) in [5.74, 6) is 0.0773. The summed E-state index contributed by atoms with van der Waals surface area (Å²) in [6.07, 6.45) is 1.16. The van der Waals surface area contributed by atoms with E-state index in [9.17, 15) is 4.79 Å². The second kappa shape index (κ2) is 8.24. The molecule has 0 saturated heterocycles. The number of amides is 1. The summed E-state index contributed by atoms with van der Waals surface area (Å²) in [6, 6.07) is 0. The van der Waals surface area contributed by atoms with Crippen LogP contribution in [-0.2, 0) is 17.8 Å². The van der Waals surface area contributed by atoms with Crippen LogP contribution in [0.1, 0.15) is 24.0 Å². The zero-order valence-corrected chi connectivity index (χ0v) is 12.7. The minimum absolute atomic E-state index is 0.0773. The quantitative estimate of drug-likeness (QED) is 0.773. The Bertz CT molecular complexity index is 393. The molecule has 1 aromatic rings. The Labute approximate surface area is 118 Å². The highest BCUT2D eigenvalue weighted by atomic mass is 32.1. The van der Waals surface area contributed by atoms with Crippen LogP contribution in [0.5, 0.6) is 0 Å². The van der Waals surface area contributed by atoms with E-state index < -0.39 is 0 Å². The Balaban J connectivity index is 2.51. The highest BCUT2D eigenvalue weighted by Gasteiger charge is 2.11. The number of nitrogens with zero attached hydrogens (tertiary/aromatic N) is 3. The van der Waals surface area contributed by atoms with Gasteiger partial charge in [0.15, 0.2) is 0 Å². The van der Waals surface area contributed by atoms with Gasteiger partial charge in [-0.3, -0.25) is 9.69 Å². The third kappa shape index (κ3) is 5.67. The molecule has 0 aliphatic carbocycles. The largest absolute Gasteiger partial charge is 0.396 e. The SMILES string of the molecule is CCN(CCCO)Cc1csc(CC(=O)N(C)C)n1. The fourth-order valence-electron chi connectivity index (χ4n) is 1.66. The van der Waals surface area contributed by atoms with Crippen molar-refractivity contribution in [2.45, 2.75) is 26.3 Å². The van der Waals surface area contributed by atoms with Crippen molar-refractivity contribution in [3.05, 3.63) is 16.1 Å². The number of carbonyl (C=O) groups excluding carboxylic acids is 1. The van der Waals surface area contributed by atoms with Crippen LogP contribution in [0.2, 0.25) is 0 Å². The number of aliphatic hydroxyl groups excluding tert-OH is 1. The molecule has 1 rings (SSSR count). The van der Waals surface area contributed by atoms with E-state index in [-0.39, 0.29) is 12.5 Å². The van der Waals surface area contributed by atoms with Gasteiger partial charge in [0.2, 0.25) is 5.91 Å². The molecular weight excluding hydrogens is 262 g/mol. The molecule has 0 saturated carbocycles. The number of hydrogen-bond acceptors (Lipinski definition) is 5. The average molecular weight is 285 g/mol. The molecule has 0 spiro atoms. The van der Waals surface area contributed by atoms with Gasteiger partial charge in [-0.25, -0.2) is 4.98 Å². The van der Waals surface area contributed by atoms with Crippen molar-refractivity contribution in [1.82, 2.24) is 14.8 Å². The lowest BCUT2D eigenvalue weighted by atomic mass is 10.3. The molecule has 1 heterocycles. The van der Waals surface area contributed by atoms with Crippen LogP contribution in [0.25, 0.3) is 0 Å². The Morgan fingerprint density at radius 2 is 2.21 bits per heavy atom. The van der Waals surface area contributed by atoms with Gasteiger partial charge < -0.3 is 10.0 Å². The van der Waals surface area contributed by atoms with Gasteiger partial charge in [-0.1, -0.05) is 6.92 Å². The van der Waals surface area contributed by atoms with E-state index >= 15 is 0 Å². The van der Waals surface area contributed by atoms with Crippen LogP contribution in [-0.4, -0.2) is 59.6 Å². The van der Waals surface area contributed by atoms with E-state index in [1.54, 1.807) is 19.0 Å². The number of aromatic nitrogens is 1. The van der Waals surface area contributed by atoms with Crippen molar-refractivity contribution >= 4 is 17.2 Å². The Morgan fingerprint density at radius 1 is 1.47 bits per heavy atom. The lowest BCUT2D eigenvalue weighted by molar-refractivity contribution is -0.127. The molecule has 108 valence electrons. The van der Waals surface area contributed by atoms with E-state index in [1.165, 1.54) is 11.3 Å². The summed E-state index contributed by atoms with van der Waals surface area (Å²) < 4.78 is 0. The first-order chi connectivity index (χ1) is 9.06. The molecule has 0 aliphatic heterocycles. The van der Waals surface area contributed by atoms with Crippen molar-refractivity contribution in [1.29, 1.82) is 0 Å². The molecule has 0 aromatic carbocycles. The van der Waals surface area contributed by atoms with Crippen LogP contribution < -0.4 is 0 Å². The van der Waals surface area contributed by atoms with Gasteiger partial charge in [-0.05, 0) is 13.0 Å². The molecule has 1 amide bonds. The van der Waals surface area contributed by atoms with E-state index in [0.29, 0.717) is 6.42 Å². The van der Waals surface area contributed by atoms with Gasteiger partial charge in [0, 0.05) is 39.2 Å². The third-order valence-corrected chi connectivity index (χ3v) is 3.76. The van der Waals surface area contributed by atoms with E-state index in [0.717, 1.165) is 36.8 Å². The highest BCUT2D eigenvalue weighted by Crippen LogP contribution is 2.13. The van der Waals surface area contributed by atoms with Gasteiger partial charge in [-0.2, -0.15) is 0 Å². The van der Waals surface area contributed by atoms with Crippen molar-refractivity contribution in [2.75, 3.05) is 33.8 Å². The smallest absolute Gasteiger partial charge is 0.228 e. The summed E-state index contributed by atoms with van der Waals surface area (Å²) in [6.45, 7) is 4.90. The molecule has 0 fully saturated rings. The summed E-state index contributed by atoms with van der Waals surface area (Å²) in [7, 11) is 3.51. The van der Waals surface area contributed by atoms with Gasteiger partial charge >= 0.3 is 0 Å². The first kappa shape index (κ1) is 16.1. The second-order valence-corrected chi connectivity index (χ2v) is 5.59. The van der Waals surface area contributed by atoms with Crippen LogP contribution >= 0.6 is 11.3 Å². The molecular formula is C13H23N3O2S. The summed E-state index contributed by atoms with van der Waals surface area (Å²) >= 11 is 1.54. The number of likely N-dealkylation sites (N-methyl/N-ethyl adjacent to an activating group) is 1. The summed E-state index contributed by atoms with van der Waals surface area (Å²) in [5.41, 5.74) is 1.01. The molecule has 19 heavy (non-hydrogen) atoms. The number of thiazole rings is 1. The molecule has 1 aromatic heterocycles. The molecule has 0 radical (unpaired) electrons. The predicted octanol–water partition coefficient (Wildman–Crippen LogP) is 0.978. The predicted molar refractivity (Wildman–Crippen MR) is 77.2 cm³/mol. The molecule has 6 heteroatoms. The minimum atomic E-state index is 0.0773. The standard InChI is InChI=1S/C13H23N3O2S/c1-4-16(6-5-7-17)9-11-10-19-12(14-11)8-13(18)15(2)3/h10,17H,4-9H2,1-3H3. The lowest BCUT2D eigenvalue weighted by Gasteiger charge is -2.18. The highest BCUT2D eigenvalue weighted by molar-refractivity contribution is 7.09. The minimum Gasteiger partial charge on any atom is -0.396 e. The van der Waals surface area contributed by atoms with Crippen molar-refractivity contribution in [2.24, 2.45) is 0 Å². The summed E-state index contributed by atoms with van der Waals surface area (Å²) in [4.78, 5) is 19.9. The maximum absolute atomic E-state index is 11.6. The molecule has 0 aliphatic rings. The molecule has 0 unspecified atom stereocenters. The number of rotatable bonds is 8. The molecule has 1 N–H and O–H groups in total. The topological polar surface area (TPSA) is 56.7 Å². The van der Waals surface area contributed by atoms with E-state index in [4.69, 9.17) is 5.11 Å². The van der Waals surface area contributed by atoms with Crippen LogP contribution in [0, 0.1) is 0 Å². The Hall–Kier alpha value is -0.980. The first-order valence-corrected chi connectivity index (χ1v) is 7.41. The summed E-state index contributed by atoms with van der Waals surface area (Å²) in [5, 5.41) is 11.7. The number of carbonyl (C=O) groups is 1. The van der Waals surface area contributed by atoms with Gasteiger partial charge in [0.25, 0.3) is 0 Å². The third-order valence-electron chi connectivity index (χ3n) is 2.87. The van der Waals surface area contributed by atoms with Crippen LogP contribution in [0.4, 0.5) is 0 Å². The number of hydrogen-bond donors (Lipinski definition) is 1. The van der Waals surface area contributed by atoms with Crippen molar-refractivity contribution in [3.63, 3.8) is 0 Å². The average Bonchev–Trinajstić information content (AvgIpc) is 2.81. The van der Waals surface area contributed by atoms with Gasteiger partial charge in [-0.15, -0.1) is 11.3 Å². The maximum atomic E-state index is 11.6. The molecule has 0 bridgehead atoms. The van der Waals surface area contributed by atoms with Crippen molar-refractivity contribution in [3.8, 4) is 0 Å². The van der Waals surface area contributed by atoms with Gasteiger partial charge in [0.1, 0.15) is 5.01 Å². The van der Waals surface area contributed by atoms with Crippen LogP contribution in [0.3, 0.4) is 0 Å². The molecule has 0 atom stereocenters. The van der Waals surface area contributed by atoms with Crippen LogP contribution in [0.15, 0.2) is 5.38 Å². The zero-order chi connectivity index (χ0) is 14.3. The first-order valence-electron chi connectivity index (χ1n) is 6.53.